The smallest absolute Gasteiger partial charge is 0.219 e. The number of guanidine groups is 1. The number of hydrogen-bond acceptors (Lipinski definition) is 5. The van der Waals surface area contributed by atoms with Crippen molar-refractivity contribution in [2.75, 3.05) is 20.2 Å². The number of nitrogens with one attached hydrogen (secondary N) is 2. The van der Waals surface area contributed by atoms with E-state index in [0.717, 1.165) is 43.3 Å². The number of hydrogen-bond donors (Lipinski definition) is 2. The molecule has 0 fully saturated rings. The first kappa shape index (κ1) is 24.4. The van der Waals surface area contributed by atoms with Crippen LogP contribution >= 0.6 is 24.0 Å². The minimum atomic E-state index is 0. The summed E-state index contributed by atoms with van der Waals surface area (Å²) in [5.41, 5.74) is 1.00. The van der Waals surface area contributed by atoms with Crippen molar-refractivity contribution in [2.24, 2.45) is 4.99 Å². The Labute approximate surface area is 200 Å². The SMILES string of the molecule is CCNC(=NCc1ccc(Oc2cccc(OC)c2)nc1)NCCCn1cccn1.I. The van der Waals surface area contributed by atoms with Crippen LogP contribution in [0.4, 0.5) is 0 Å². The van der Waals surface area contributed by atoms with Gasteiger partial charge in [-0.3, -0.25) is 4.68 Å². The van der Waals surface area contributed by atoms with Crippen LogP contribution in [0, 0.1) is 0 Å². The zero-order valence-corrected chi connectivity index (χ0v) is 20.2. The highest BCUT2D eigenvalue weighted by Crippen LogP contribution is 2.23. The summed E-state index contributed by atoms with van der Waals surface area (Å²) in [5, 5.41) is 10.8. The molecule has 0 aliphatic carbocycles. The maximum atomic E-state index is 5.78. The summed E-state index contributed by atoms with van der Waals surface area (Å²) in [6.45, 7) is 5.07. The molecule has 0 aliphatic rings. The van der Waals surface area contributed by atoms with Crippen molar-refractivity contribution in [3.63, 3.8) is 0 Å². The number of halogens is 1. The average Bonchev–Trinajstić information content (AvgIpc) is 3.29. The monoisotopic (exact) mass is 536 g/mol. The van der Waals surface area contributed by atoms with E-state index in [-0.39, 0.29) is 24.0 Å². The van der Waals surface area contributed by atoms with E-state index in [1.165, 1.54) is 0 Å². The van der Waals surface area contributed by atoms with Crippen molar-refractivity contribution in [3.05, 3.63) is 66.6 Å². The first-order valence-corrected chi connectivity index (χ1v) is 10.0. The fraction of sp³-hybridized carbons (Fsp3) is 0.318. The molecule has 0 atom stereocenters. The molecule has 0 spiro atoms. The number of aliphatic imine (C=N–C) groups is 1. The van der Waals surface area contributed by atoms with Crippen LogP contribution in [0.25, 0.3) is 0 Å². The first-order chi connectivity index (χ1) is 14.8. The molecule has 0 unspecified atom stereocenters. The Morgan fingerprint density at radius 1 is 1.13 bits per heavy atom. The number of nitrogens with zero attached hydrogens (tertiary/aromatic N) is 4. The molecule has 1 aromatic carbocycles. The molecule has 0 aliphatic heterocycles. The van der Waals surface area contributed by atoms with Gasteiger partial charge in [0, 0.05) is 50.4 Å². The minimum absolute atomic E-state index is 0. The van der Waals surface area contributed by atoms with Gasteiger partial charge in [0.05, 0.1) is 13.7 Å². The maximum Gasteiger partial charge on any atom is 0.219 e. The van der Waals surface area contributed by atoms with Crippen molar-refractivity contribution in [1.82, 2.24) is 25.4 Å². The van der Waals surface area contributed by atoms with E-state index in [4.69, 9.17) is 9.47 Å². The Morgan fingerprint density at radius 2 is 2.00 bits per heavy atom. The number of ether oxygens (including phenoxy) is 2. The lowest BCUT2D eigenvalue weighted by Crippen LogP contribution is -2.38. The van der Waals surface area contributed by atoms with Gasteiger partial charge in [0.15, 0.2) is 5.96 Å². The summed E-state index contributed by atoms with van der Waals surface area (Å²) < 4.78 is 12.9. The summed E-state index contributed by atoms with van der Waals surface area (Å²) in [4.78, 5) is 9.00. The second kappa shape index (κ2) is 13.5. The lowest BCUT2D eigenvalue weighted by Gasteiger charge is -2.11. The largest absolute Gasteiger partial charge is 0.497 e. The van der Waals surface area contributed by atoms with E-state index in [2.05, 4.69) is 25.7 Å². The maximum absolute atomic E-state index is 5.78. The molecule has 166 valence electrons. The van der Waals surface area contributed by atoms with E-state index in [9.17, 15) is 0 Å². The van der Waals surface area contributed by atoms with Gasteiger partial charge in [0.25, 0.3) is 0 Å². The van der Waals surface area contributed by atoms with Crippen molar-refractivity contribution in [2.45, 2.75) is 26.4 Å². The highest BCUT2D eigenvalue weighted by atomic mass is 127. The van der Waals surface area contributed by atoms with Gasteiger partial charge in [-0.25, -0.2) is 9.98 Å². The number of aryl methyl sites for hydroxylation is 1. The van der Waals surface area contributed by atoms with Crippen LogP contribution in [0.15, 0.2) is 66.0 Å². The van der Waals surface area contributed by atoms with Crippen LogP contribution in [0.5, 0.6) is 17.4 Å². The molecule has 8 nitrogen and oxygen atoms in total. The topological polar surface area (TPSA) is 85.6 Å². The molecule has 0 amide bonds. The fourth-order valence-electron chi connectivity index (χ4n) is 2.74. The van der Waals surface area contributed by atoms with Gasteiger partial charge in [-0.1, -0.05) is 12.1 Å². The predicted octanol–water partition coefficient (Wildman–Crippen LogP) is 3.84. The summed E-state index contributed by atoms with van der Waals surface area (Å²) in [7, 11) is 1.63. The second-order valence-corrected chi connectivity index (χ2v) is 6.53. The summed E-state index contributed by atoms with van der Waals surface area (Å²) in [6, 6.07) is 13.2. The molecule has 2 N–H and O–H groups in total. The normalized spacial score (nSPS) is 10.8. The molecule has 2 aromatic heterocycles. The summed E-state index contributed by atoms with van der Waals surface area (Å²) in [6.07, 6.45) is 6.50. The van der Waals surface area contributed by atoms with Crippen LogP contribution in [0.2, 0.25) is 0 Å². The molecular weight excluding hydrogens is 507 g/mol. The molecule has 3 rings (SSSR count). The van der Waals surface area contributed by atoms with E-state index in [1.807, 2.05) is 60.3 Å². The molecule has 9 heteroatoms. The van der Waals surface area contributed by atoms with Gasteiger partial charge < -0.3 is 20.1 Å². The molecule has 0 radical (unpaired) electrons. The third-order valence-electron chi connectivity index (χ3n) is 4.24. The quantitative estimate of drug-likeness (QED) is 0.177. The Bertz CT molecular complexity index is 916. The molecule has 0 saturated carbocycles. The highest BCUT2D eigenvalue weighted by Gasteiger charge is 2.02. The van der Waals surface area contributed by atoms with Gasteiger partial charge in [0.2, 0.25) is 5.88 Å². The molecule has 3 aromatic rings. The Balaban J connectivity index is 0.00000341. The van der Waals surface area contributed by atoms with E-state index < -0.39 is 0 Å². The number of aromatic nitrogens is 3. The third-order valence-corrected chi connectivity index (χ3v) is 4.24. The number of pyridine rings is 1. The fourth-order valence-corrected chi connectivity index (χ4v) is 2.74. The van der Waals surface area contributed by atoms with E-state index >= 15 is 0 Å². The van der Waals surface area contributed by atoms with Crippen molar-refractivity contribution >= 4 is 29.9 Å². The van der Waals surface area contributed by atoms with Crippen LogP contribution in [0.1, 0.15) is 18.9 Å². The molecular formula is C22H29IN6O2. The number of methoxy groups -OCH3 is 1. The standard InChI is InChI=1S/C22H28N6O2.HI/c1-3-23-22(24-11-5-13-28-14-6-12-27-28)26-17-18-9-10-21(25-16-18)30-20-8-4-7-19(15-20)29-2;/h4,6-10,12,14-16H,3,5,11,13,17H2,1-2H3,(H2,23,24,26);1H. The van der Waals surface area contributed by atoms with E-state index in [1.54, 1.807) is 19.5 Å². The van der Waals surface area contributed by atoms with Crippen LogP contribution in [-0.4, -0.2) is 40.9 Å². The Hall–Kier alpha value is -2.82. The number of rotatable bonds is 10. The Morgan fingerprint density at radius 3 is 2.71 bits per heavy atom. The van der Waals surface area contributed by atoms with Crippen molar-refractivity contribution in [1.29, 1.82) is 0 Å². The van der Waals surface area contributed by atoms with Crippen LogP contribution in [0.3, 0.4) is 0 Å². The van der Waals surface area contributed by atoms with Gasteiger partial charge >= 0.3 is 0 Å². The first-order valence-electron chi connectivity index (χ1n) is 10.0. The van der Waals surface area contributed by atoms with Gasteiger partial charge in [-0.15, -0.1) is 24.0 Å². The van der Waals surface area contributed by atoms with E-state index in [0.29, 0.717) is 18.2 Å². The third kappa shape index (κ3) is 8.44. The highest BCUT2D eigenvalue weighted by molar-refractivity contribution is 14.0. The van der Waals surface area contributed by atoms with Gasteiger partial charge in [0.1, 0.15) is 11.5 Å². The van der Waals surface area contributed by atoms with Gasteiger partial charge in [-0.2, -0.15) is 5.10 Å². The van der Waals surface area contributed by atoms with Gasteiger partial charge in [-0.05, 0) is 37.1 Å². The average molecular weight is 536 g/mol. The lowest BCUT2D eigenvalue weighted by molar-refractivity contribution is 0.407. The van der Waals surface area contributed by atoms with Crippen molar-refractivity contribution in [3.8, 4) is 17.4 Å². The van der Waals surface area contributed by atoms with Crippen molar-refractivity contribution < 1.29 is 9.47 Å². The number of benzene rings is 1. The van der Waals surface area contributed by atoms with Crippen LogP contribution < -0.4 is 20.1 Å². The molecule has 31 heavy (non-hydrogen) atoms. The summed E-state index contributed by atoms with van der Waals surface area (Å²) in [5.74, 6) is 2.74. The Kier molecular flexibility index (Phi) is 10.6. The molecule has 2 heterocycles. The van der Waals surface area contributed by atoms with Crippen LogP contribution in [-0.2, 0) is 13.1 Å². The zero-order chi connectivity index (χ0) is 21.0. The minimum Gasteiger partial charge on any atom is -0.497 e. The molecule has 0 saturated heterocycles. The predicted molar refractivity (Wildman–Crippen MR) is 132 cm³/mol. The second-order valence-electron chi connectivity index (χ2n) is 6.53. The molecule has 0 bridgehead atoms. The zero-order valence-electron chi connectivity index (χ0n) is 17.8. The summed E-state index contributed by atoms with van der Waals surface area (Å²) >= 11 is 0. The lowest BCUT2D eigenvalue weighted by atomic mass is 10.3.